The third kappa shape index (κ3) is 3.58. The number of hydrogen-bond acceptors (Lipinski definition) is 4. The number of carbonyl (C=O) groups is 1. The molecule has 1 atom stereocenters. The van der Waals surface area contributed by atoms with E-state index in [9.17, 15) is 18.0 Å². The maximum absolute atomic E-state index is 12.3. The van der Waals surface area contributed by atoms with Gasteiger partial charge in [-0.25, -0.2) is 0 Å². The van der Waals surface area contributed by atoms with Crippen molar-refractivity contribution in [3.63, 3.8) is 0 Å². The highest BCUT2D eigenvalue weighted by molar-refractivity contribution is 8.01. The Kier molecular flexibility index (Phi) is 4.32. The summed E-state index contributed by atoms with van der Waals surface area (Å²) in [6.07, 6.45) is 0. The summed E-state index contributed by atoms with van der Waals surface area (Å²) in [5.41, 5.74) is -3.83. The van der Waals surface area contributed by atoms with E-state index in [0.717, 1.165) is 0 Å². The Bertz CT molecular complexity index is 481. The normalized spacial score (nSPS) is 20.1. The largest absolute Gasteiger partial charge is 0.446 e. The van der Waals surface area contributed by atoms with E-state index in [1.54, 1.807) is 13.1 Å². The lowest BCUT2D eigenvalue weighted by molar-refractivity contribution is -0.117. The first-order valence-corrected chi connectivity index (χ1v) is 7.23. The van der Waals surface area contributed by atoms with Crippen LogP contribution in [0.5, 0.6) is 0 Å². The molecular formula is C11H11F3N2OS2. The van der Waals surface area contributed by atoms with Crippen LogP contribution in [0.2, 0.25) is 0 Å². The smallest absolute Gasteiger partial charge is 0.301 e. The Morgan fingerprint density at radius 2 is 2.21 bits per heavy atom. The van der Waals surface area contributed by atoms with Crippen molar-refractivity contribution in [2.75, 3.05) is 17.8 Å². The van der Waals surface area contributed by atoms with Crippen LogP contribution < -0.4 is 10.2 Å². The fourth-order valence-electron chi connectivity index (χ4n) is 1.68. The number of rotatable bonds is 3. The number of alkyl halides is 3. The zero-order valence-corrected chi connectivity index (χ0v) is 11.5. The molecule has 1 aliphatic heterocycles. The number of anilines is 1. The molecule has 1 amide bonds. The zero-order valence-electron chi connectivity index (χ0n) is 9.90. The van der Waals surface area contributed by atoms with Gasteiger partial charge >= 0.3 is 5.51 Å². The van der Waals surface area contributed by atoms with E-state index in [1.807, 2.05) is 0 Å². The van der Waals surface area contributed by atoms with Crippen LogP contribution in [0.15, 0.2) is 29.2 Å². The molecule has 1 heterocycles. The monoisotopic (exact) mass is 308 g/mol. The summed E-state index contributed by atoms with van der Waals surface area (Å²) in [7, 11) is 1.68. The van der Waals surface area contributed by atoms with Gasteiger partial charge in [-0.15, -0.1) is 11.8 Å². The lowest BCUT2D eigenvalue weighted by Crippen LogP contribution is -2.35. The number of nitrogens with zero attached hydrogens (tertiary/aromatic N) is 1. The van der Waals surface area contributed by atoms with E-state index in [2.05, 4.69) is 5.32 Å². The minimum absolute atomic E-state index is 0.0794. The molecule has 104 valence electrons. The van der Waals surface area contributed by atoms with Crippen LogP contribution in [-0.2, 0) is 4.79 Å². The molecule has 1 saturated heterocycles. The number of hydrogen-bond donors (Lipinski definition) is 1. The number of thioether (sulfide) groups is 2. The van der Waals surface area contributed by atoms with Crippen LogP contribution in [0.4, 0.5) is 18.9 Å². The molecule has 1 aromatic carbocycles. The molecule has 19 heavy (non-hydrogen) atoms. The van der Waals surface area contributed by atoms with Crippen molar-refractivity contribution < 1.29 is 18.0 Å². The number of carbonyl (C=O) groups excluding carboxylic acids is 1. The van der Waals surface area contributed by atoms with Crippen molar-refractivity contribution in [1.82, 2.24) is 5.32 Å². The van der Waals surface area contributed by atoms with Crippen molar-refractivity contribution >= 4 is 35.1 Å². The molecule has 0 saturated carbocycles. The highest BCUT2D eigenvalue weighted by Crippen LogP contribution is 2.38. The Labute approximate surface area is 116 Å². The summed E-state index contributed by atoms with van der Waals surface area (Å²) in [5.74, 6) is 0.298. The Hall–Kier alpha value is -0.860. The van der Waals surface area contributed by atoms with Crippen LogP contribution in [0.25, 0.3) is 0 Å². The van der Waals surface area contributed by atoms with Gasteiger partial charge < -0.3 is 10.2 Å². The Balaban J connectivity index is 2.18. The SMILES string of the molecule is CNC1SCN(c2cccc(SC(F)(F)F)c2)C1=O. The van der Waals surface area contributed by atoms with Crippen LogP contribution in [0.3, 0.4) is 0 Å². The first-order chi connectivity index (χ1) is 8.90. The van der Waals surface area contributed by atoms with Gasteiger partial charge in [-0.1, -0.05) is 6.07 Å². The van der Waals surface area contributed by atoms with E-state index in [-0.39, 0.29) is 27.9 Å². The standard InChI is InChI=1S/C11H11F3N2OS2/c1-15-9-10(17)16(6-18-9)7-3-2-4-8(5-7)19-11(12,13)14/h2-5,9,15H,6H2,1H3. The van der Waals surface area contributed by atoms with Crippen LogP contribution >= 0.6 is 23.5 Å². The summed E-state index contributed by atoms with van der Waals surface area (Å²) in [5, 5.41) is 2.52. The minimum atomic E-state index is -4.32. The number of benzene rings is 1. The lowest BCUT2D eigenvalue weighted by atomic mass is 10.3. The van der Waals surface area contributed by atoms with Crippen molar-refractivity contribution in [3.05, 3.63) is 24.3 Å². The second-order valence-electron chi connectivity index (χ2n) is 3.78. The van der Waals surface area contributed by atoms with E-state index in [4.69, 9.17) is 0 Å². The summed E-state index contributed by atoms with van der Waals surface area (Å²) >= 11 is 1.23. The molecule has 0 spiro atoms. The summed E-state index contributed by atoms with van der Waals surface area (Å²) < 4.78 is 36.9. The maximum atomic E-state index is 12.3. The van der Waals surface area contributed by atoms with Crippen LogP contribution in [-0.4, -0.2) is 29.7 Å². The molecule has 1 fully saturated rings. The Morgan fingerprint density at radius 1 is 1.47 bits per heavy atom. The zero-order chi connectivity index (χ0) is 14.0. The van der Waals surface area contributed by atoms with Gasteiger partial charge in [0.05, 0.1) is 5.88 Å². The third-order valence-electron chi connectivity index (χ3n) is 2.49. The molecule has 3 nitrogen and oxygen atoms in total. The highest BCUT2D eigenvalue weighted by Gasteiger charge is 2.33. The average molecular weight is 308 g/mol. The van der Waals surface area contributed by atoms with Crippen LogP contribution in [0, 0.1) is 0 Å². The first-order valence-electron chi connectivity index (χ1n) is 5.37. The molecule has 1 N–H and O–H groups in total. The second kappa shape index (κ2) is 5.64. The second-order valence-corrected chi connectivity index (χ2v) is 5.98. The third-order valence-corrected chi connectivity index (χ3v) is 4.38. The van der Waals surface area contributed by atoms with Gasteiger partial charge in [-0.2, -0.15) is 13.2 Å². The van der Waals surface area contributed by atoms with Gasteiger partial charge in [0, 0.05) is 10.6 Å². The van der Waals surface area contributed by atoms with E-state index < -0.39 is 5.51 Å². The van der Waals surface area contributed by atoms with Gasteiger partial charge in [0.2, 0.25) is 0 Å². The number of likely N-dealkylation sites (N-methyl/N-ethyl adjacent to an activating group) is 1. The van der Waals surface area contributed by atoms with E-state index in [1.165, 1.54) is 34.9 Å². The van der Waals surface area contributed by atoms with Gasteiger partial charge in [0.15, 0.2) is 0 Å². The predicted molar refractivity (Wildman–Crippen MR) is 71.1 cm³/mol. The van der Waals surface area contributed by atoms with Crippen molar-refractivity contribution in [1.29, 1.82) is 0 Å². The van der Waals surface area contributed by atoms with Gasteiger partial charge in [-0.05, 0) is 37.0 Å². The topological polar surface area (TPSA) is 32.3 Å². The first kappa shape index (κ1) is 14.5. The van der Waals surface area contributed by atoms with Gasteiger partial charge in [0.1, 0.15) is 5.37 Å². The number of nitrogens with one attached hydrogen (secondary N) is 1. The Morgan fingerprint density at radius 3 is 2.79 bits per heavy atom. The number of halogens is 3. The maximum Gasteiger partial charge on any atom is 0.446 e. The summed E-state index contributed by atoms with van der Waals surface area (Å²) in [4.78, 5) is 13.5. The van der Waals surface area contributed by atoms with Crippen molar-refractivity contribution in [2.24, 2.45) is 0 Å². The molecule has 0 radical (unpaired) electrons. The molecule has 0 bridgehead atoms. The number of amides is 1. The van der Waals surface area contributed by atoms with Gasteiger partial charge in [0.25, 0.3) is 5.91 Å². The van der Waals surface area contributed by atoms with Crippen LogP contribution in [0.1, 0.15) is 0 Å². The molecular weight excluding hydrogens is 297 g/mol. The summed E-state index contributed by atoms with van der Waals surface area (Å²) in [6.45, 7) is 0. The average Bonchev–Trinajstić information content (AvgIpc) is 2.68. The lowest BCUT2D eigenvalue weighted by Gasteiger charge is -2.16. The summed E-state index contributed by atoms with van der Waals surface area (Å²) in [6, 6.07) is 5.92. The van der Waals surface area contributed by atoms with Crippen molar-refractivity contribution in [3.8, 4) is 0 Å². The van der Waals surface area contributed by atoms with Crippen molar-refractivity contribution in [2.45, 2.75) is 15.8 Å². The fraction of sp³-hybridized carbons (Fsp3) is 0.364. The minimum Gasteiger partial charge on any atom is -0.301 e. The molecule has 0 aromatic heterocycles. The quantitative estimate of drug-likeness (QED) is 0.870. The van der Waals surface area contributed by atoms with Gasteiger partial charge in [-0.3, -0.25) is 4.79 Å². The molecule has 2 rings (SSSR count). The van der Waals surface area contributed by atoms with E-state index in [0.29, 0.717) is 11.6 Å². The predicted octanol–water partition coefficient (Wildman–Crippen LogP) is 2.88. The molecule has 0 aliphatic carbocycles. The fourth-order valence-corrected chi connectivity index (χ4v) is 3.29. The highest BCUT2D eigenvalue weighted by atomic mass is 32.2. The molecule has 1 aromatic rings. The molecule has 1 unspecified atom stereocenters. The van der Waals surface area contributed by atoms with E-state index >= 15 is 0 Å². The molecule has 8 heteroatoms. The molecule has 1 aliphatic rings.